The van der Waals surface area contributed by atoms with Crippen molar-refractivity contribution in [2.24, 2.45) is 0 Å². The first kappa shape index (κ1) is 20.5. The summed E-state index contributed by atoms with van der Waals surface area (Å²) in [6, 6.07) is 11.5. The molecule has 0 fully saturated rings. The molecule has 0 atom stereocenters. The lowest BCUT2D eigenvalue weighted by Crippen LogP contribution is -2.25. The third-order valence-electron chi connectivity index (χ3n) is 4.40. The molecule has 1 heterocycles. The summed E-state index contributed by atoms with van der Waals surface area (Å²) in [6.07, 6.45) is 0. The van der Waals surface area contributed by atoms with Crippen molar-refractivity contribution in [2.75, 3.05) is 11.1 Å². The standard InChI is InChI=1S/C20H20N4O4S/c1-12(2)23-19(26)14-7-4-5-8-16(14)22-20(23)29-11-18(25)21-15-9-6-10-17(13(15)3)24(27)28/h4-10,12H,11H2,1-3H3,(H,21,25). The lowest BCUT2D eigenvalue weighted by molar-refractivity contribution is -0.385. The van der Waals surface area contributed by atoms with Crippen molar-refractivity contribution in [3.8, 4) is 0 Å². The minimum Gasteiger partial charge on any atom is -0.325 e. The van der Waals surface area contributed by atoms with Gasteiger partial charge in [-0.1, -0.05) is 30.0 Å². The third-order valence-corrected chi connectivity index (χ3v) is 5.35. The molecule has 0 spiro atoms. The minimum absolute atomic E-state index is 0.0135. The average molecular weight is 412 g/mol. The fraction of sp³-hybridized carbons (Fsp3) is 0.250. The van der Waals surface area contributed by atoms with Crippen LogP contribution >= 0.6 is 11.8 Å². The molecule has 1 amide bonds. The van der Waals surface area contributed by atoms with E-state index in [-0.39, 0.29) is 28.9 Å². The number of anilines is 1. The van der Waals surface area contributed by atoms with E-state index in [4.69, 9.17) is 0 Å². The highest BCUT2D eigenvalue weighted by atomic mass is 32.2. The highest BCUT2D eigenvalue weighted by Crippen LogP contribution is 2.26. The van der Waals surface area contributed by atoms with Crippen LogP contribution in [-0.4, -0.2) is 26.1 Å². The van der Waals surface area contributed by atoms with Crippen LogP contribution in [0.25, 0.3) is 10.9 Å². The van der Waals surface area contributed by atoms with E-state index in [1.54, 1.807) is 41.8 Å². The number of carbonyl (C=O) groups is 1. The highest BCUT2D eigenvalue weighted by Gasteiger charge is 2.17. The number of hydrogen-bond donors (Lipinski definition) is 1. The van der Waals surface area contributed by atoms with Crippen LogP contribution in [0.4, 0.5) is 11.4 Å². The third kappa shape index (κ3) is 4.29. The molecule has 150 valence electrons. The Hall–Kier alpha value is -3.20. The zero-order chi connectivity index (χ0) is 21.1. The number of benzene rings is 2. The number of nitro groups is 1. The number of para-hydroxylation sites is 1. The Balaban J connectivity index is 1.83. The number of rotatable bonds is 6. The Bertz CT molecular complexity index is 1160. The van der Waals surface area contributed by atoms with Crippen molar-refractivity contribution in [2.45, 2.75) is 32.0 Å². The number of aromatic nitrogens is 2. The summed E-state index contributed by atoms with van der Waals surface area (Å²) < 4.78 is 1.57. The van der Waals surface area contributed by atoms with E-state index in [0.29, 0.717) is 27.3 Å². The van der Waals surface area contributed by atoms with Crippen molar-refractivity contribution in [3.05, 3.63) is 68.5 Å². The fourth-order valence-corrected chi connectivity index (χ4v) is 3.88. The maximum absolute atomic E-state index is 12.8. The van der Waals surface area contributed by atoms with Gasteiger partial charge in [0.1, 0.15) is 0 Å². The van der Waals surface area contributed by atoms with Crippen molar-refractivity contribution in [3.63, 3.8) is 0 Å². The van der Waals surface area contributed by atoms with E-state index >= 15 is 0 Å². The SMILES string of the molecule is Cc1c(NC(=O)CSc2nc3ccccc3c(=O)n2C(C)C)cccc1[N+](=O)[O-]. The zero-order valence-electron chi connectivity index (χ0n) is 16.2. The molecular weight excluding hydrogens is 392 g/mol. The quantitative estimate of drug-likeness (QED) is 0.285. The summed E-state index contributed by atoms with van der Waals surface area (Å²) in [4.78, 5) is 40.4. The normalized spacial score (nSPS) is 11.0. The summed E-state index contributed by atoms with van der Waals surface area (Å²) in [5.41, 5.74) is 1.14. The largest absolute Gasteiger partial charge is 0.325 e. The Kier molecular flexibility index (Phi) is 5.97. The Morgan fingerprint density at radius 1 is 1.24 bits per heavy atom. The van der Waals surface area contributed by atoms with Crippen LogP contribution in [0, 0.1) is 17.0 Å². The van der Waals surface area contributed by atoms with Crippen molar-refractivity contribution < 1.29 is 9.72 Å². The topological polar surface area (TPSA) is 107 Å². The van der Waals surface area contributed by atoms with E-state index < -0.39 is 4.92 Å². The van der Waals surface area contributed by atoms with Crippen LogP contribution < -0.4 is 10.9 Å². The molecule has 0 saturated carbocycles. The monoisotopic (exact) mass is 412 g/mol. The van der Waals surface area contributed by atoms with Crippen LogP contribution in [0.1, 0.15) is 25.5 Å². The molecule has 0 aliphatic rings. The number of carbonyl (C=O) groups excluding carboxylic acids is 1. The Morgan fingerprint density at radius 2 is 1.97 bits per heavy atom. The van der Waals surface area contributed by atoms with Crippen molar-refractivity contribution >= 4 is 39.9 Å². The molecule has 0 radical (unpaired) electrons. The van der Waals surface area contributed by atoms with E-state index in [1.807, 2.05) is 13.8 Å². The molecule has 9 heteroatoms. The second kappa shape index (κ2) is 8.44. The maximum atomic E-state index is 12.8. The van der Waals surface area contributed by atoms with Crippen LogP contribution in [0.15, 0.2) is 52.4 Å². The molecule has 0 unspecified atom stereocenters. The molecule has 3 rings (SSSR count). The van der Waals surface area contributed by atoms with Gasteiger partial charge in [-0.15, -0.1) is 0 Å². The molecule has 2 aromatic carbocycles. The molecule has 1 N–H and O–H groups in total. The predicted octanol–water partition coefficient (Wildman–Crippen LogP) is 3.92. The number of amides is 1. The molecule has 0 saturated heterocycles. The molecule has 29 heavy (non-hydrogen) atoms. The van der Waals surface area contributed by atoms with Gasteiger partial charge in [-0.25, -0.2) is 4.98 Å². The molecule has 3 aromatic rings. The van der Waals surface area contributed by atoms with Gasteiger partial charge in [-0.05, 0) is 39.0 Å². The molecule has 0 bridgehead atoms. The van der Waals surface area contributed by atoms with E-state index in [2.05, 4.69) is 10.3 Å². The van der Waals surface area contributed by atoms with Gasteiger partial charge in [0, 0.05) is 12.1 Å². The van der Waals surface area contributed by atoms with Gasteiger partial charge < -0.3 is 5.32 Å². The van der Waals surface area contributed by atoms with Crippen LogP contribution in [0.2, 0.25) is 0 Å². The number of nitrogens with zero attached hydrogens (tertiary/aromatic N) is 3. The molecule has 1 aromatic heterocycles. The molecule has 0 aliphatic carbocycles. The van der Waals surface area contributed by atoms with Crippen LogP contribution in [-0.2, 0) is 4.79 Å². The number of hydrogen-bond acceptors (Lipinski definition) is 6. The minimum atomic E-state index is -0.486. The predicted molar refractivity (Wildman–Crippen MR) is 114 cm³/mol. The van der Waals surface area contributed by atoms with E-state index in [0.717, 1.165) is 11.8 Å². The molecule has 8 nitrogen and oxygen atoms in total. The van der Waals surface area contributed by atoms with Crippen LogP contribution in [0.5, 0.6) is 0 Å². The first-order chi connectivity index (χ1) is 13.8. The highest BCUT2D eigenvalue weighted by molar-refractivity contribution is 7.99. The molecular formula is C20H20N4O4S. The molecule has 0 aliphatic heterocycles. The summed E-state index contributed by atoms with van der Waals surface area (Å²) in [5, 5.41) is 14.7. The lowest BCUT2D eigenvalue weighted by Gasteiger charge is -2.16. The van der Waals surface area contributed by atoms with Crippen LogP contribution in [0.3, 0.4) is 0 Å². The average Bonchev–Trinajstić information content (AvgIpc) is 2.67. The summed E-state index contributed by atoms with van der Waals surface area (Å²) >= 11 is 1.15. The Labute approximate surface area is 171 Å². The van der Waals surface area contributed by atoms with E-state index in [9.17, 15) is 19.7 Å². The first-order valence-corrected chi connectivity index (χ1v) is 9.96. The van der Waals surface area contributed by atoms with Gasteiger partial charge in [0.15, 0.2) is 5.16 Å². The number of fused-ring (bicyclic) bond motifs is 1. The summed E-state index contributed by atoms with van der Waals surface area (Å²) in [6.45, 7) is 5.35. The number of nitrogens with one attached hydrogen (secondary N) is 1. The van der Waals surface area contributed by atoms with Crippen molar-refractivity contribution in [1.82, 2.24) is 9.55 Å². The van der Waals surface area contributed by atoms with Gasteiger partial charge in [0.25, 0.3) is 11.2 Å². The zero-order valence-corrected chi connectivity index (χ0v) is 17.0. The van der Waals surface area contributed by atoms with E-state index in [1.165, 1.54) is 12.1 Å². The number of thioether (sulfide) groups is 1. The van der Waals surface area contributed by atoms with Gasteiger partial charge in [0.05, 0.1) is 32.8 Å². The fourth-order valence-electron chi connectivity index (χ4n) is 2.96. The van der Waals surface area contributed by atoms with Gasteiger partial charge in [0.2, 0.25) is 5.91 Å². The van der Waals surface area contributed by atoms with Gasteiger partial charge in [-0.3, -0.25) is 24.3 Å². The van der Waals surface area contributed by atoms with Gasteiger partial charge >= 0.3 is 0 Å². The first-order valence-electron chi connectivity index (χ1n) is 8.97. The second-order valence-electron chi connectivity index (χ2n) is 6.72. The number of nitro benzene ring substituents is 1. The smallest absolute Gasteiger partial charge is 0.274 e. The maximum Gasteiger partial charge on any atom is 0.274 e. The van der Waals surface area contributed by atoms with Gasteiger partial charge in [-0.2, -0.15) is 0 Å². The summed E-state index contributed by atoms with van der Waals surface area (Å²) in [7, 11) is 0. The Morgan fingerprint density at radius 3 is 2.66 bits per heavy atom. The summed E-state index contributed by atoms with van der Waals surface area (Å²) in [5.74, 6) is -0.323. The van der Waals surface area contributed by atoms with Crippen molar-refractivity contribution in [1.29, 1.82) is 0 Å². The lowest BCUT2D eigenvalue weighted by atomic mass is 10.1. The second-order valence-corrected chi connectivity index (χ2v) is 7.67.